The number of amides is 2. The highest BCUT2D eigenvalue weighted by Crippen LogP contribution is 2.27. The van der Waals surface area contributed by atoms with Crippen LogP contribution in [0.5, 0.6) is 0 Å². The summed E-state index contributed by atoms with van der Waals surface area (Å²) in [5.41, 5.74) is 6.64. The predicted molar refractivity (Wildman–Crippen MR) is 94.2 cm³/mol. The van der Waals surface area contributed by atoms with Crippen LogP contribution in [0.1, 0.15) is 31.9 Å². The van der Waals surface area contributed by atoms with E-state index < -0.39 is 0 Å². The number of likely N-dealkylation sites (tertiary alicyclic amines) is 1. The van der Waals surface area contributed by atoms with Gasteiger partial charge in [-0.3, -0.25) is 14.5 Å². The van der Waals surface area contributed by atoms with Gasteiger partial charge >= 0.3 is 0 Å². The first-order chi connectivity index (χ1) is 11.8. The third-order valence-electron chi connectivity index (χ3n) is 4.69. The van der Waals surface area contributed by atoms with Crippen LogP contribution in [-0.4, -0.2) is 49.4 Å². The Hall–Kier alpha value is -1.99. The first-order valence-corrected chi connectivity index (χ1v) is 8.55. The van der Waals surface area contributed by atoms with Gasteiger partial charge in [-0.05, 0) is 49.5 Å². The van der Waals surface area contributed by atoms with E-state index >= 15 is 0 Å². The number of benzene rings is 1. The van der Waals surface area contributed by atoms with Crippen LogP contribution in [0, 0.1) is 11.2 Å². The quantitative estimate of drug-likeness (QED) is 0.678. The fraction of sp³-hybridized carbons (Fsp3) is 0.556. The first-order valence-electron chi connectivity index (χ1n) is 8.55. The minimum Gasteiger partial charge on any atom is -0.348 e. The normalized spacial score (nSPS) is 21.8. The second-order valence-corrected chi connectivity index (χ2v) is 7.09. The van der Waals surface area contributed by atoms with E-state index in [-0.39, 0.29) is 42.2 Å². The zero-order valence-electron chi connectivity index (χ0n) is 14.8. The van der Waals surface area contributed by atoms with Gasteiger partial charge < -0.3 is 16.4 Å². The molecule has 0 radical (unpaired) electrons. The molecule has 6 nitrogen and oxygen atoms in total. The summed E-state index contributed by atoms with van der Waals surface area (Å²) in [6, 6.07) is 5.70. The van der Waals surface area contributed by atoms with E-state index in [1.54, 1.807) is 12.1 Å². The van der Waals surface area contributed by atoms with Crippen LogP contribution in [0.15, 0.2) is 24.3 Å². The van der Waals surface area contributed by atoms with Crippen LogP contribution < -0.4 is 16.4 Å². The Balaban J connectivity index is 1.71. The zero-order valence-corrected chi connectivity index (χ0v) is 14.8. The van der Waals surface area contributed by atoms with Gasteiger partial charge in [0.05, 0.1) is 19.1 Å². The highest BCUT2D eigenvalue weighted by molar-refractivity contribution is 5.85. The van der Waals surface area contributed by atoms with E-state index in [2.05, 4.69) is 22.5 Å². The molecule has 0 aromatic heterocycles. The molecule has 7 heteroatoms. The number of rotatable bonds is 7. The maximum absolute atomic E-state index is 12.9. The third-order valence-corrected chi connectivity index (χ3v) is 4.69. The van der Waals surface area contributed by atoms with Crippen molar-refractivity contribution in [1.82, 2.24) is 15.5 Å². The number of nitrogens with zero attached hydrogens (tertiary/aromatic N) is 1. The molecule has 0 aliphatic carbocycles. The average molecular weight is 350 g/mol. The molecule has 2 rings (SSSR count). The SMILES string of the molecule is CC(NC(=O)CNC(=O)CN1CCC(C)(CN)C1)c1ccc(F)cc1. The number of nitrogens with one attached hydrogen (secondary N) is 2. The van der Waals surface area contributed by atoms with Crippen LogP contribution in [0.2, 0.25) is 0 Å². The first kappa shape index (κ1) is 19.3. The molecule has 1 aromatic rings. The molecule has 4 N–H and O–H groups in total. The molecule has 0 bridgehead atoms. The number of hydrogen-bond donors (Lipinski definition) is 3. The second-order valence-electron chi connectivity index (χ2n) is 7.09. The van der Waals surface area contributed by atoms with Gasteiger partial charge in [0.15, 0.2) is 0 Å². The molecule has 0 saturated carbocycles. The van der Waals surface area contributed by atoms with Crippen molar-refractivity contribution in [2.45, 2.75) is 26.3 Å². The van der Waals surface area contributed by atoms with E-state index in [1.807, 2.05) is 6.92 Å². The fourth-order valence-corrected chi connectivity index (χ4v) is 2.99. The molecule has 2 amide bonds. The summed E-state index contributed by atoms with van der Waals surface area (Å²) in [6.07, 6.45) is 0.979. The lowest BCUT2D eigenvalue weighted by molar-refractivity contribution is -0.127. The molecule has 1 aliphatic rings. The molecule has 2 atom stereocenters. The molecule has 25 heavy (non-hydrogen) atoms. The molecule has 1 aliphatic heterocycles. The Bertz CT molecular complexity index is 608. The highest BCUT2D eigenvalue weighted by Gasteiger charge is 2.33. The summed E-state index contributed by atoms with van der Waals surface area (Å²) in [6.45, 7) is 6.37. The maximum atomic E-state index is 12.9. The monoisotopic (exact) mass is 350 g/mol. The molecule has 1 fully saturated rings. The zero-order chi connectivity index (χ0) is 18.4. The molecular formula is C18H27FN4O2. The Morgan fingerprint density at radius 2 is 2.00 bits per heavy atom. The van der Waals surface area contributed by atoms with Crippen molar-refractivity contribution < 1.29 is 14.0 Å². The number of carbonyl (C=O) groups excluding carboxylic acids is 2. The maximum Gasteiger partial charge on any atom is 0.239 e. The number of carbonyl (C=O) groups is 2. The van der Waals surface area contributed by atoms with Crippen LogP contribution >= 0.6 is 0 Å². The van der Waals surface area contributed by atoms with Gasteiger partial charge in [-0.1, -0.05) is 19.1 Å². The summed E-state index contributed by atoms with van der Waals surface area (Å²) < 4.78 is 12.9. The Kier molecular flexibility index (Phi) is 6.50. The van der Waals surface area contributed by atoms with Crippen molar-refractivity contribution in [3.05, 3.63) is 35.6 Å². The van der Waals surface area contributed by atoms with Crippen molar-refractivity contribution >= 4 is 11.8 Å². The third kappa shape index (κ3) is 5.79. The lowest BCUT2D eigenvalue weighted by Gasteiger charge is -2.22. The Morgan fingerprint density at radius 3 is 2.60 bits per heavy atom. The molecule has 138 valence electrons. The van der Waals surface area contributed by atoms with Crippen molar-refractivity contribution in [2.75, 3.05) is 32.7 Å². The Labute approximate surface area is 147 Å². The van der Waals surface area contributed by atoms with E-state index in [1.165, 1.54) is 12.1 Å². The average Bonchev–Trinajstić information content (AvgIpc) is 2.95. The summed E-state index contributed by atoms with van der Waals surface area (Å²) in [7, 11) is 0. The van der Waals surface area contributed by atoms with E-state index in [4.69, 9.17) is 5.73 Å². The topological polar surface area (TPSA) is 87.5 Å². The van der Waals surface area contributed by atoms with Crippen molar-refractivity contribution in [1.29, 1.82) is 0 Å². The largest absolute Gasteiger partial charge is 0.348 e. The van der Waals surface area contributed by atoms with Crippen molar-refractivity contribution in [2.24, 2.45) is 11.1 Å². The van der Waals surface area contributed by atoms with E-state index in [0.29, 0.717) is 6.54 Å². The molecule has 0 spiro atoms. The number of hydrogen-bond acceptors (Lipinski definition) is 4. The van der Waals surface area contributed by atoms with Gasteiger partial charge in [-0.2, -0.15) is 0 Å². The van der Waals surface area contributed by atoms with Gasteiger partial charge in [-0.15, -0.1) is 0 Å². The van der Waals surface area contributed by atoms with Crippen LogP contribution in [0.4, 0.5) is 4.39 Å². The lowest BCUT2D eigenvalue weighted by Crippen LogP contribution is -2.42. The van der Waals surface area contributed by atoms with Gasteiger partial charge in [0.25, 0.3) is 0 Å². The molecular weight excluding hydrogens is 323 g/mol. The summed E-state index contributed by atoms with van der Waals surface area (Å²) in [5.74, 6) is -0.772. The van der Waals surface area contributed by atoms with Crippen LogP contribution in [-0.2, 0) is 9.59 Å². The van der Waals surface area contributed by atoms with Gasteiger partial charge in [0.2, 0.25) is 11.8 Å². The van der Waals surface area contributed by atoms with Crippen molar-refractivity contribution in [3.63, 3.8) is 0 Å². The smallest absolute Gasteiger partial charge is 0.239 e. The minimum absolute atomic E-state index is 0.0717. The number of halogens is 1. The summed E-state index contributed by atoms with van der Waals surface area (Å²) in [4.78, 5) is 26.0. The molecule has 1 saturated heterocycles. The molecule has 2 unspecified atom stereocenters. The minimum atomic E-state index is -0.317. The van der Waals surface area contributed by atoms with Gasteiger partial charge in [-0.25, -0.2) is 4.39 Å². The summed E-state index contributed by atoms with van der Waals surface area (Å²) >= 11 is 0. The second kappa shape index (κ2) is 8.40. The molecule has 1 heterocycles. The fourth-order valence-electron chi connectivity index (χ4n) is 2.99. The summed E-state index contributed by atoms with van der Waals surface area (Å²) in [5, 5.41) is 5.42. The van der Waals surface area contributed by atoms with E-state index in [9.17, 15) is 14.0 Å². The predicted octanol–water partition coefficient (Wildman–Crippen LogP) is 0.790. The Morgan fingerprint density at radius 1 is 1.32 bits per heavy atom. The highest BCUT2D eigenvalue weighted by atomic mass is 19.1. The van der Waals surface area contributed by atoms with Crippen LogP contribution in [0.3, 0.4) is 0 Å². The lowest BCUT2D eigenvalue weighted by atomic mass is 9.90. The van der Waals surface area contributed by atoms with Gasteiger partial charge in [0.1, 0.15) is 5.82 Å². The van der Waals surface area contributed by atoms with Crippen molar-refractivity contribution in [3.8, 4) is 0 Å². The number of nitrogens with two attached hydrogens (primary N) is 1. The molecule has 1 aromatic carbocycles. The van der Waals surface area contributed by atoms with Crippen LogP contribution in [0.25, 0.3) is 0 Å². The standard InChI is InChI=1S/C18H27FN4O2/c1-13(14-3-5-15(19)6-4-14)22-16(24)9-21-17(25)10-23-8-7-18(2,11-20)12-23/h3-6,13H,7-12,20H2,1-2H3,(H,21,25)(H,22,24). The van der Waals surface area contributed by atoms with Gasteiger partial charge in [0, 0.05) is 6.54 Å². The van der Waals surface area contributed by atoms with E-state index in [0.717, 1.165) is 25.1 Å².